The molecule has 2 aliphatic heterocycles. The Labute approximate surface area is 210 Å². The summed E-state index contributed by atoms with van der Waals surface area (Å²) in [6.07, 6.45) is -0.767. The second kappa shape index (κ2) is 10.2. The van der Waals surface area contributed by atoms with Gasteiger partial charge in [-0.25, -0.2) is 14.2 Å². The van der Waals surface area contributed by atoms with Crippen molar-refractivity contribution in [3.05, 3.63) is 47.9 Å². The minimum Gasteiger partial charge on any atom is -0.481 e. The van der Waals surface area contributed by atoms with E-state index < -0.39 is 24.1 Å². The number of nitrogens with zero attached hydrogens (tertiary/aromatic N) is 3. The Bertz CT molecular complexity index is 1330. The highest BCUT2D eigenvalue weighted by molar-refractivity contribution is 8.00. The van der Waals surface area contributed by atoms with E-state index in [0.717, 1.165) is 11.1 Å². The van der Waals surface area contributed by atoms with Crippen LogP contribution in [-0.4, -0.2) is 65.2 Å². The predicted molar refractivity (Wildman–Crippen MR) is 132 cm³/mol. The summed E-state index contributed by atoms with van der Waals surface area (Å²) in [7, 11) is 1.49. The smallest absolute Gasteiger partial charge is 0.414 e. The number of halogens is 1. The van der Waals surface area contributed by atoms with Gasteiger partial charge >= 0.3 is 6.09 Å². The van der Waals surface area contributed by atoms with E-state index in [1.807, 2.05) is 6.07 Å². The van der Waals surface area contributed by atoms with Gasteiger partial charge in [0.15, 0.2) is 0 Å². The van der Waals surface area contributed by atoms with Crippen molar-refractivity contribution >= 4 is 46.2 Å². The number of pyridine rings is 2. The summed E-state index contributed by atoms with van der Waals surface area (Å²) in [6, 6.07) is 8.74. The molecule has 0 radical (unpaired) electrons. The van der Waals surface area contributed by atoms with Crippen molar-refractivity contribution in [3.8, 4) is 5.88 Å². The molecule has 12 heteroatoms. The van der Waals surface area contributed by atoms with E-state index in [0.29, 0.717) is 46.1 Å². The van der Waals surface area contributed by atoms with Crippen LogP contribution in [0.5, 0.6) is 5.88 Å². The van der Waals surface area contributed by atoms with Crippen LogP contribution in [0.1, 0.15) is 12.0 Å². The first-order valence-corrected chi connectivity index (χ1v) is 12.3. The van der Waals surface area contributed by atoms with Crippen LogP contribution in [0.4, 0.5) is 20.6 Å². The first kappa shape index (κ1) is 24.2. The maximum absolute atomic E-state index is 14.4. The third kappa shape index (κ3) is 4.92. The second-order valence-electron chi connectivity index (χ2n) is 8.39. The van der Waals surface area contributed by atoms with Gasteiger partial charge in [0, 0.05) is 28.8 Å². The number of ether oxygens (including phenoxy) is 2. The van der Waals surface area contributed by atoms with Gasteiger partial charge in [0.25, 0.3) is 0 Å². The number of carbonyl (C=O) groups is 2. The minimum atomic E-state index is -0.920. The molecule has 3 aromatic rings. The number of aliphatic hydroxyl groups is 1. The van der Waals surface area contributed by atoms with Crippen LogP contribution in [0.2, 0.25) is 0 Å². The van der Waals surface area contributed by atoms with Crippen molar-refractivity contribution in [3.63, 3.8) is 0 Å². The predicted octanol–water partition coefficient (Wildman–Crippen LogP) is 2.69. The average Bonchev–Trinajstić information content (AvgIpc) is 3.28. The normalized spacial score (nSPS) is 18.1. The highest BCUT2D eigenvalue weighted by Gasteiger charge is 2.37. The van der Waals surface area contributed by atoms with Gasteiger partial charge in [-0.1, -0.05) is 0 Å². The molecular weight excluding hydrogens is 489 g/mol. The number of hydrogen-bond donors (Lipinski definition) is 3. The molecule has 0 spiro atoms. The average molecular weight is 514 g/mol. The Kier molecular flexibility index (Phi) is 6.90. The number of hydrogen-bond acceptors (Lipinski definition) is 9. The van der Waals surface area contributed by atoms with Gasteiger partial charge < -0.3 is 25.2 Å². The molecule has 188 valence electrons. The summed E-state index contributed by atoms with van der Waals surface area (Å²) in [5, 5.41) is 16.6. The van der Waals surface area contributed by atoms with Crippen molar-refractivity contribution in [2.24, 2.45) is 0 Å². The number of amides is 2. The van der Waals surface area contributed by atoms with Crippen LogP contribution < -0.4 is 20.3 Å². The molecule has 0 unspecified atom stereocenters. The molecule has 0 saturated carbocycles. The number of anilines is 2. The first-order valence-electron chi connectivity index (χ1n) is 11.3. The largest absolute Gasteiger partial charge is 0.481 e. The van der Waals surface area contributed by atoms with Gasteiger partial charge in [0.1, 0.15) is 17.4 Å². The number of cyclic esters (lactones) is 1. The van der Waals surface area contributed by atoms with E-state index in [4.69, 9.17) is 9.47 Å². The van der Waals surface area contributed by atoms with Gasteiger partial charge in [0.2, 0.25) is 11.8 Å². The van der Waals surface area contributed by atoms with Crippen LogP contribution >= 0.6 is 11.8 Å². The van der Waals surface area contributed by atoms with Crippen molar-refractivity contribution in [1.29, 1.82) is 0 Å². The quantitative estimate of drug-likeness (QED) is 0.390. The van der Waals surface area contributed by atoms with E-state index in [-0.39, 0.29) is 25.4 Å². The molecule has 1 fully saturated rings. The molecule has 5 rings (SSSR count). The maximum atomic E-state index is 14.4. The Hall–Kier alpha value is -3.48. The number of methoxy groups -OCH3 is 1. The Balaban J connectivity index is 1.17. The third-order valence-corrected chi connectivity index (χ3v) is 7.11. The lowest BCUT2D eigenvalue weighted by Gasteiger charge is -2.20. The molecule has 3 N–H and O–H groups in total. The number of rotatable bonds is 8. The topological polar surface area (TPSA) is 126 Å². The van der Waals surface area contributed by atoms with Gasteiger partial charge in [0.05, 0.1) is 42.9 Å². The molecule has 0 bridgehead atoms. The molecular formula is C24H24FN5O5S. The standard InChI is InChI=1S/C24H24FN5O5S/c1-34-22-5-3-16-23(29-22)14(15(25)10-27-16)9-26-7-6-18(31)19-11-30(24(33)35-19)13-2-4-20-17(8-13)28-21(32)12-36-20/h2-5,8,10,18-19,26,31H,6-7,9,11-12H2,1H3,(H,28,32)/t18-,19-/m0/s1. The number of aliphatic hydroxyl groups excluding tert-OH is 1. The number of benzene rings is 1. The van der Waals surface area contributed by atoms with Crippen molar-refractivity contribution in [1.82, 2.24) is 15.3 Å². The Morgan fingerprint density at radius 3 is 3.06 bits per heavy atom. The minimum absolute atomic E-state index is 0.0935. The highest BCUT2D eigenvalue weighted by atomic mass is 32.2. The molecule has 10 nitrogen and oxygen atoms in total. The lowest BCUT2D eigenvalue weighted by atomic mass is 10.1. The van der Waals surface area contributed by atoms with Gasteiger partial charge in [-0.05, 0) is 37.2 Å². The molecule has 2 aromatic heterocycles. The summed E-state index contributed by atoms with van der Waals surface area (Å²) in [6.45, 7) is 0.699. The zero-order valence-corrected chi connectivity index (χ0v) is 20.2. The summed E-state index contributed by atoms with van der Waals surface area (Å²) in [4.78, 5) is 34.9. The molecule has 36 heavy (non-hydrogen) atoms. The van der Waals surface area contributed by atoms with Gasteiger partial charge in [-0.2, -0.15) is 0 Å². The molecule has 2 aliphatic rings. The number of aromatic nitrogens is 2. The van der Waals surface area contributed by atoms with Gasteiger partial charge in [-0.15, -0.1) is 11.8 Å². The zero-order chi connectivity index (χ0) is 25.2. The third-order valence-electron chi connectivity index (χ3n) is 6.04. The molecule has 0 aliphatic carbocycles. The van der Waals surface area contributed by atoms with Crippen LogP contribution in [0.25, 0.3) is 11.0 Å². The fraction of sp³-hybridized carbons (Fsp3) is 0.333. The van der Waals surface area contributed by atoms with Crippen molar-refractivity contribution in [2.75, 3.05) is 36.2 Å². The lowest BCUT2D eigenvalue weighted by molar-refractivity contribution is -0.113. The summed E-state index contributed by atoms with van der Waals surface area (Å²) in [5.41, 5.74) is 2.54. The Morgan fingerprint density at radius 1 is 1.36 bits per heavy atom. The highest BCUT2D eigenvalue weighted by Crippen LogP contribution is 2.35. The fourth-order valence-corrected chi connectivity index (χ4v) is 4.93. The fourth-order valence-electron chi connectivity index (χ4n) is 4.14. The maximum Gasteiger partial charge on any atom is 0.414 e. The molecule has 2 atom stereocenters. The van der Waals surface area contributed by atoms with Crippen LogP contribution in [0.3, 0.4) is 0 Å². The zero-order valence-electron chi connectivity index (χ0n) is 19.4. The molecule has 1 saturated heterocycles. The van der Waals surface area contributed by atoms with E-state index in [1.165, 1.54) is 23.8 Å². The van der Waals surface area contributed by atoms with E-state index in [9.17, 15) is 19.1 Å². The first-order chi connectivity index (χ1) is 17.4. The van der Waals surface area contributed by atoms with Crippen LogP contribution in [-0.2, 0) is 16.1 Å². The number of fused-ring (bicyclic) bond motifs is 2. The number of carbonyl (C=O) groups excluding carboxylic acids is 2. The van der Waals surface area contributed by atoms with Crippen molar-refractivity contribution < 1.29 is 28.6 Å². The molecule has 1 aromatic carbocycles. The summed E-state index contributed by atoms with van der Waals surface area (Å²) < 4.78 is 25.0. The molecule has 2 amide bonds. The number of nitrogens with one attached hydrogen (secondary N) is 2. The van der Waals surface area contributed by atoms with E-state index in [1.54, 1.807) is 24.3 Å². The molecule has 4 heterocycles. The van der Waals surface area contributed by atoms with Crippen LogP contribution in [0, 0.1) is 5.82 Å². The monoisotopic (exact) mass is 513 g/mol. The van der Waals surface area contributed by atoms with Crippen molar-refractivity contribution in [2.45, 2.75) is 30.1 Å². The van der Waals surface area contributed by atoms with Crippen LogP contribution in [0.15, 0.2) is 41.4 Å². The Morgan fingerprint density at radius 2 is 2.22 bits per heavy atom. The lowest BCUT2D eigenvalue weighted by Crippen LogP contribution is -2.33. The SMILES string of the molecule is COc1ccc2ncc(F)c(CNCC[C@H](O)[C@@H]3CN(c4ccc5c(c4)NC(=O)CS5)C(=O)O3)c2n1. The summed E-state index contributed by atoms with van der Waals surface area (Å²) >= 11 is 1.44. The van der Waals surface area contributed by atoms with E-state index >= 15 is 0 Å². The number of thioether (sulfide) groups is 1. The second-order valence-corrected chi connectivity index (χ2v) is 9.41. The summed E-state index contributed by atoms with van der Waals surface area (Å²) in [5.74, 6) is 0.134. The van der Waals surface area contributed by atoms with Gasteiger partial charge in [-0.3, -0.25) is 14.7 Å². The van der Waals surface area contributed by atoms with E-state index in [2.05, 4.69) is 20.6 Å².